The summed E-state index contributed by atoms with van der Waals surface area (Å²) in [4.78, 5) is 27.6. The van der Waals surface area contributed by atoms with Crippen molar-refractivity contribution in [3.63, 3.8) is 0 Å². The smallest absolute Gasteiger partial charge is 0.236 e. The zero-order valence-electron chi connectivity index (χ0n) is 22.0. The Morgan fingerprint density at radius 2 is 0.943 bits per heavy atom. The zero-order chi connectivity index (χ0) is 25.2. The molecule has 0 aliphatic heterocycles. The summed E-state index contributed by atoms with van der Waals surface area (Å²) in [6.45, 7) is 5.62. The van der Waals surface area contributed by atoms with Gasteiger partial charge in [0.1, 0.15) is 5.41 Å². The first-order valence-electron chi connectivity index (χ1n) is 13.8. The summed E-state index contributed by atoms with van der Waals surface area (Å²) >= 11 is 0. The van der Waals surface area contributed by atoms with Crippen molar-refractivity contribution in [1.82, 2.24) is 10.6 Å². The summed E-state index contributed by atoms with van der Waals surface area (Å²) in [5.74, 6) is -0.326. The van der Waals surface area contributed by atoms with E-state index < -0.39 is 5.41 Å². The monoisotopic (exact) mass is 478 g/mol. The average Bonchev–Trinajstić information content (AvgIpc) is 2.88. The lowest BCUT2D eigenvalue weighted by Crippen LogP contribution is -2.54. The summed E-state index contributed by atoms with van der Waals surface area (Å²) in [6, 6.07) is 19.9. The minimum Gasteiger partial charge on any atom is -0.355 e. The van der Waals surface area contributed by atoms with Crippen LogP contribution < -0.4 is 10.6 Å². The topological polar surface area (TPSA) is 58.2 Å². The normalized spacial score (nSPS) is 11.3. The van der Waals surface area contributed by atoms with E-state index in [1.54, 1.807) is 0 Å². The highest BCUT2D eigenvalue weighted by atomic mass is 16.2. The van der Waals surface area contributed by atoms with Crippen molar-refractivity contribution in [2.75, 3.05) is 13.1 Å². The Morgan fingerprint density at radius 3 is 1.31 bits per heavy atom. The van der Waals surface area contributed by atoms with E-state index in [0.29, 0.717) is 25.9 Å². The molecular weight excluding hydrogens is 432 g/mol. The van der Waals surface area contributed by atoms with E-state index in [-0.39, 0.29) is 11.8 Å². The predicted octanol–water partition coefficient (Wildman–Crippen LogP) is 6.63. The van der Waals surface area contributed by atoms with Crippen molar-refractivity contribution in [1.29, 1.82) is 0 Å². The van der Waals surface area contributed by atoms with Crippen LogP contribution >= 0.6 is 0 Å². The Hall–Kier alpha value is -2.62. The van der Waals surface area contributed by atoms with E-state index in [0.717, 1.165) is 36.8 Å². The van der Waals surface area contributed by atoms with Crippen LogP contribution in [0.15, 0.2) is 60.7 Å². The SMILES string of the molecule is CCCCCCCNC(=O)C(Cc1ccccc1)(Cc1ccccc1)C(=O)NCCCCCCC. The zero-order valence-corrected chi connectivity index (χ0v) is 22.0. The van der Waals surface area contributed by atoms with Gasteiger partial charge < -0.3 is 10.6 Å². The van der Waals surface area contributed by atoms with E-state index in [2.05, 4.69) is 24.5 Å². The third kappa shape index (κ3) is 10.3. The molecule has 0 aliphatic carbocycles. The Morgan fingerprint density at radius 1 is 0.571 bits per heavy atom. The molecule has 0 aromatic heterocycles. The molecular formula is C31H46N2O2. The molecule has 0 atom stereocenters. The van der Waals surface area contributed by atoms with Crippen LogP contribution in [0.5, 0.6) is 0 Å². The van der Waals surface area contributed by atoms with Crippen LogP contribution in [0.1, 0.15) is 89.2 Å². The lowest BCUT2D eigenvalue weighted by atomic mass is 9.74. The van der Waals surface area contributed by atoms with Crippen LogP contribution in [0, 0.1) is 5.41 Å². The van der Waals surface area contributed by atoms with E-state index in [4.69, 9.17) is 0 Å². The second-order valence-corrected chi connectivity index (χ2v) is 9.75. The largest absolute Gasteiger partial charge is 0.355 e. The fourth-order valence-corrected chi connectivity index (χ4v) is 4.57. The number of hydrogen-bond acceptors (Lipinski definition) is 2. The standard InChI is InChI=1S/C31H46N2O2/c1-3-5-7-9-17-23-32-29(34)31(25-27-19-13-11-14-20-27,26-28-21-15-12-16-22-28)30(35)33-24-18-10-8-6-4-2/h11-16,19-22H,3-10,17-18,23-26H2,1-2H3,(H,32,34)(H,33,35). The Bertz CT molecular complexity index is 764. The number of nitrogens with one attached hydrogen (secondary N) is 2. The van der Waals surface area contributed by atoms with Crippen LogP contribution in [0.4, 0.5) is 0 Å². The highest BCUT2D eigenvalue weighted by Crippen LogP contribution is 2.30. The maximum atomic E-state index is 13.8. The highest BCUT2D eigenvalue weighted by Gasteiger charge is 2.45. The quantitative estimate of drug-likeness (QED) is 0.187. The maximum Gasteiger partial charge on any atom is 0.236 e. The Labute approximate surface area is 213 Å². The molecule has 4 heteroatoms. The minimum absolute atomic E-state index is 0.163. The van der Waals surface area contributed by atoms with E-state index in [1.165, 1.54) is 38.5 Å². The van der Waals surface area contributed by atoms with Gasteiger partial charge in [-0.15, -0.1) is 0 Å². The van der Waals surface area contributed by atoms with Crippen molar-refractivity contribution >= 4 is 11.8 Å². The number of carbonyl (C=O) groups is 2. The lowest BCUT2D eigenvalue weighted by molar-refractivity contribution is -0.143. The first kappa shape index (κ1) is 28.6. The molecule has 0 spiro atoms. The molecule has 0 fully saturated rings. The Kier molecular flexibility index (Phi) is 13.8. The number of unbranched alkanes of at least 4 members (excludes halogenated alkanes) is 8. The molecule has 0 heterocycles. The summed E-state index contributed by atoms with van der Waals surface area (Å²) in [5, 5.41) is 6.28. The average molecular weight is 479 g/mol. The van der Waals surface area contributed by atoms with Gasteiger partial charge in [0.05, 0.1) is 0 Å². The molecule has 2 aromatic carbocycles. The maximum absolute atomic E-state index is 13.8. The van der Waals surface area contributed by atoms with Gasteiger partial charge in [-0.3, -0.25) is 9.59 Å². The first-order chi connectivity index (χ1) is 17.1. The third-order valence-electron chi connectivity index (χ3n) is 6.70. The minimum atomic E-state index is -1.18. The molecule has 4 nitrogen and oxygen atoms in total. The molecule has 0 unspecified atom stereocenters. The van der Waals surface area contributed by atoms with Gasteiger partial charge in [-0.2, -0.15) is 0 Å². The van der Waals surface area contributed by atoms with Gasteiger partial charge >= 0.3 is 0 Å². The molecule has 2 N–H and O–H groups in total. The van der Waals surface area contributed by atoms with E-state index >= 15 is 0 Å². The number of rotatable bonds is 18. The van der Waals surface area contributed by atoms with Gasteiger partial charge in [-0.1, -0.05) is 126 Å². The van der Waals surface area contributed by atoms with Crippen LogP contribution in [-0.2, 0) is 22.4 Å². The summed E-state index contributed by atoms with van der Waals surface area (Å²) < 4.78 is 0. The van der Waals surface area contributed by atoms with Gasteiger partial charge in [0.15, 0.2) is 0 Å². The number of benzene rings is 2. The number of carbonyl (C=O) groups excluding carboxylic acids is 2. The Balaban J connectivity index is 2.21. The molecule has 0 aliphatic rings. The predicted molar refractivity (Wildman–Crippen MR) is 146 cm³/mol. The number of amides is 2. The van der Waals surface area contributed by atoms with Gasteiger partial charge in [-0.05, 0) is 36.8 Å². The summed E-state index contributed by atoms with van der Waals surface area (Å²) in [6.07, 6.45) is 12.1. The molecule has 2 amide bonds. The second-order valence-electron chi connectivity index (χ2n) is 9.75. The van der Waals surface area contributed by atoms with Gasteiger partial charge in [0.25, 0.3) is 0 Å². The van der Waals surface area contributed by atoms with E-state index in [1.807, 2.05) is 60.7 Å². The fourth-order valence-electron chi connectivity index (χ4n) is 4.57. The fraction of sp³-hybridized carbons (Fsp3) is 0.548. The molecule has 35 heavy (non-hydrogen) atoms. The lowest BCUT2D eigenvalue weighted by Gasteiger charge is -2.32. The highest BCUT2D eigenvalue weighted by molar-refractivity contribution is 6.05. The molecule has 0 saturated carbocycles. The molecule has 2 aromatic rings. The van der Waals surface area contributed by atoms with Crippen LogP contribution in [0.2, 0.25) is 0 Å². The number of hydrogen-bond donors (Lipinski definition) is 2. The third-order valence-corrected chi connectivity index (χ3v) is 6.70. The molecule has 0 bridgehead atoms. The summed E-state index contributed by atoms with van der Waals surface area (Å²) in [7, 11) is 0. The van der Waals surface area contributed by atoms with Crippen molar-refractivity contribution in [3.05, 3.63) is 71.8 Å². The van der Waals surface area contributed by atoms with Crippen molar-refractivity contribution in [2.45, 2.75) is 90.9 Å². The molecule has 0 saturated heterocycles. The van der Waals surface area contributed by atoms with Crippen LogP contribution in [-0.4, -0.2) is 24.9 Å². The van der Waals surface area contributed by atoms with Gasteiger partial charge in [-0.25, -0.2) is 0 Å². The molecule has 0 radical (unpaired) electrons. The molecule has 192 valence electrons. The van der Waals surface area contributed by atoms with E-state index in [9.17, 15) is 9.59 Å². The van der Waals surface area contributed by atoms with Crippen LogP contribution in [0.3, 0.4) is 0 Å². The first-order valence-corrected chi connectivity index (χ1v) is 13.8. The van der Waals surface area contributed by atoms with Crippen molar-refractivity contribution in [3.8, 4) is 0 Å². The van der Waals surface area contributed by atoms with Crippen molar-refractivity contribution in [2.24, 2.45) is 5.41 Å². The summed E-state index contributed by atoms with van der Waals surface area (Å²) in [5.41, 5.74) is 0.814. The van der Waals surface area contributed by atoms with Crippen LogP contribution in [0.25, 0.3) is 0 Å². The molecule has 2 rings (SSSR count). The van der Waals surface area contributed by atoms with Crippen molar-refractivity contribution < 1.29 is 9.59 Å². The second kappa shape index (κ2) is 16.9. The van der Waals surface area contributed by atoms with Gasteiger partial charge in [0.2, 0.25) is 11.8 Å². The van der Waals surface area contributed by atoms with Gasteiger partial charge in [0, 0.05) is 13.1 Å².